The number of hydrogen-bond donors (Lipinski definition) is 2. The van der Waals surface area contributed by atoms with Gasteiger partial charge >= 0.3 is 6.09 Å². The molecular weight excluding hydrogens is 338 g/mol. The molecular formula is C23H29NO3. The first-order valence-corrected chi connectivity index (χ1v) is 9.50. The van der Waals surface area contributed by atoms with Crippen molar-refractivity contribution in [3.05, 3.63) is 71.8 Å². The maximum atomic E-state index is 11.5. The summed E-state index contributed by atoms with van der Waals surface area (Å²) in [6, 6.07) is 20.2. The predicted molar refractivity (Wildman–Crippen MR) is 107 cm³/mol. The Balaban J connectivity index is 1.79. The summed E-state index contributed by atoms with van der Waals surface area (Å²) in [5.41, 5.74) is 1.91. The highest BCUT2D eigenvalue weighted by Crippen LogP contribution is 2.60. The standard InChI is InChI=1S/C23H29NO3/c1-22(2,3)20(24-21(25)26)23(18-12-8-5-9-13-18)14-19(23)16-27-15-17-10-6-4-7-11-17/h4-13,19-20,24H,14-16H2,1-3H3,(H,25,26)/t19-,20?,23+/m0/s1. The molecule has 1 aliphatic rings. The fourth-order valence-electron chi connectivity index (χ4n) is 4.31. The van der Waals surface area contributed by atoms with Gasteiger partial charge in [-0.25, -0.2) is 4.79 Å². The van der Waals surface area contributed by atoms with Crippen molar-refractivity contribution in [2.45, 2.75) is 45.3 Å². The zero-order chi connectivity index (χ0) is 19.5. The lowest BCUT2D eigenvalue weighted by Crippen LogP contribution is -2.52. The van der Waals surface area contributed by atoms with Gasteiger partial charge in [0.1, 0.15) is 0 Å². The Labute approximate surface area is 161 Å². The zero-order valence-electron chi connectivity index (χ0n) is 16.3. The van der Waals surface area contributed by atoms with Gasteiger partial charge in [-0.3, -0.25) is 0 Å². The van der Waals surface area contributed by atoms with Crippen LogP contribution in [0.3, 0.4) is 0 Å². The van der Waals surface area contributed by atoms with E-state index in [0.717, 1.165) is 12.0 Å². The average Bonchev–Trinajstić information content (AvgIpc) is 3.35. The molecule has 2 aromatic carbocycles. The number of ether oxygens (including phenoxy) is 1. The summed E-state index contributed by atoms with van der Waals surface area (Å²) in [5.74, 6) is 0.291. The van der Waals surface area contributed by atoms with Gasteiger partial charge in [0.05, 0.1) is 13.2 Å². The molecule has 3 rings (SSSR count). The topological polar surface area (TPSA) is 58.6 Å². The summed E-state index contributed by atoms with van der Waals surface area (Å²) in [6.45, 7) is 7.49. The molecule has 3 atom stereocenters. The number of hydrogen-bond acceptors (Lipinski definition) is 2. The van der Waals surface area contributed by atoms with E-state index in [4.69, 9.17) is 4.74 Å². The van der Waals surface area contributed by atoms with Gasteiger partial charge in [0.15, 0.2) is 0 Å². The Bertz CT molecular complexity index is 754. The molecule has 1 amide bonds. The third-order valence-corrected chi connectivity index (χ3v) is 5.54. The van der Waals surface area contributed by atoms with E-state index in [0.29, 0.717) is 19.1 Å². The Hall–Kier alpha value is -2.33. The van der Waals surface area contributed by atoms with Crippen LogP contribution in [-0.2, 0) is 16.8 Å². The number of rotatable bonds is 7. The van der Waals surface area contributed by atoms with Gasteiger partial charge in [0.2, 0.25) is 0 Å². The molecule has 0 heterocycles. The summed E-state index contributed by atoms with van der Waals surface area (Å²) in [7, 11) is 0. The average molecular weight is 367 g/mol. The molecule has 2 N–H and O–H groups in total. The first-order chi connectivity index (χ1) is 12.8. The van der Waals surface area contributed by atoms with Gasteiger partial charge in [0.25, 0.3) is 0 Å². The molecule has 1 aliphatic carbocycles. The first kappa shape index (κ1) is 19.4. The van der Waals surface area contributed by atoms with Gasteiger partial charge in [-0.1, -0.05) is 81.4 Å². The third kappa shape index (κ3) is 4.33. The molecule has 0 aliphatic heterocycles. The Morgan fingerprint density at radius 2 is 1.74 bits per heavy atom. The molecule has 0 bridgehead atoms. The molecule has 0 saturated heterocycles. The van der Waals surface area contributed by atoms with Gasteiger partial charge in [-0.15, -0.1) is 0 Å². The molecule has 0 radical (unpaired) electrons. The third-order valence-electron chi connectivity index (χ3n) is 5.54. The fraction of sp³-hybridized carbons (Fsp3) is 0.435. The van der Waals surface area contributed by atoms with E-state index in [1.54, 1.807) is 0 Å². The van der Waals surface area contributed by atoms with Crippen molar-refractivity contribution in [3.63, 3.8) is 0 Å². The molecule has 4 nitrogen and oxygen atoms in total. The monoisotopic (exact) mass is 367 g/mol. The van der Waals surface area contributed by atoms with Crippen LogP contribution in [0.4, 0.5) is 4.79 Å². The highest BCUT2D eigenvalue weighted by Gasteiger charge is 2.62. The van der Waals surface area contributed by atoms with E-state index in [2.05, 4.69) is 50.4 Å². The van der Waals surface area contributed by atoms with E-state index in [1.807, 2.05) is 36.4 Å². The molecule has 1 unspecified atom stereocenters. The van der Waals surface area contributed by atoms with Crippen molar-refractivity contribution in [1.29, 1.82) is 0 Å². The maximum absolute atomic E-state index is 11.5. The van der Waals surface area contributed by atoms with E-state index >= 15 is 0 Å². The Morgan fingerprint density at radius 1 is 1.15 bits per heavy atom. The molecule has 1 fully saturated rings. The van der Waals surface area contributed by atoms with Crippen molar-refractivity contribution in [2.75, 3.05) is 6.61 Å². The molecule has 27 heavy (non-hydrogen) atoms. The lowest BCUT2D eigenvalue weighted by atomic mass is 9.72. The fourth-order valence-corrected chi connectivity index (χ4v) is 4.31. The number of carboxylic acid groups (broad SMARTS) is 1. The highest BCUT2D eigenvalue weighted by molar-refractivity contribution is 5.66. The van der Waals surface area contributed by atoms with Crippen molar-refractivity contribution in [1.82, 2.24) is 5.32 Å². The van der Waals surface area contributed by atoms with Crippen LogP contribution < -0.4 is 5.32 Å². The largest absolute Gasteiger partial charge is 0.465 e. The number of benzene rings is 2. The minimum absolute atomic E-state index is 0.185. The van der Waals surface area contributed by atoms with Crippen molar-refractivity contribution >= 4 is 6.09 Å². The van der Waals surface area contributed by atoms with Crippen molar-refractivity contribution in [3.8, 4) is 0 Å². The molecule has 4 heteroatoms. The minimum atomic E-state index is -0.971. The summed E-state index contributed by atoms with van der Waals surface area (Å²) < 4.78 is 6.01. The second kappa shape index (κ2) is 7.73. The smallest absolute Gasteiger partial charge is 0.404 e. The Morgan fingerprint density at radius 3 is 2.30 bits per heavy atom. The van der Waals surface area contributed by atoms with Crippen LogP contribution in [0, 0.1) is 11.3 Å². The summed E-state index contributed by atoms with van der Waals surface area (Å²) in [4.78, 5) is 11.5. The normalized spacial score (nSPS) is 22.9. The van der Waals surface area contributed by atoms with Crippen LogP contribution in [0.25, 0.3) is 0 Å². The molecule has 0 spiro atoms. The van der Waals surface area contributed by atoms with Crippen LogP contribution in [0.1, 0.15) is 38.3 Å². The molecule has 0 aromatic heterocycles. The zero-order valence-corrected chi connectivity index (χ0v) is 16.3. The molecule has 2 aromatic rings. The Kier molecular flexibility index (Phi) is 5.56. The van der Waals surface area contributed by atoms with Crippen LogP contribution in [0.5, 0.6) is 0 Å². The van der Waals surface area contributed by atoms with E-state index in [-0.39, 0.29) is 16.9 Å². The van der Waals surface area contributed by atoms with Crippen molar-refractivity contribution in [2.24, 2.45) is 11.3 Å². The maximum Gasteiger partial charge on any atom is 0.404 e. The predicted octanol–water partition coefficient (Wildman–Crippen LogP) is 4.84. The molecule has 1 saturated carbocycles. The lowest BCUT2D eigenvalue weighted by molar-refractivity contribution is 0.0960. The number of nitrogens with one attached hydrogen (secondary N) is 1. The lowest BCUT2D eigenvalue weighted by Gasteiger charge is -2.38. The van der Waals surface area contributed by atoms with Gasteiger partial charge in [0, 0.05) is 11.5 Å². The number of carbonyl (C=O) groups is 1. The van der Waals surface area contributed by atoms with Gasteiger partial charge in [-0.05, 0) is 28.9 Å². The first-order valence-electron chi connectivity index (χ1n) is 9.50. The highest BCUT2D eigenvalue weighted by atomic mass is 16.5. The van der Waals surface area contributed by atoms with E-state index in [1.165, 1.54) is 5.56 Å². The van der Waals surface area contributed by atoms with Crippen LogP contribution in [0.2, 0.25) is 0 Å². The molecule has 144 valence electrons. The number of amides is 1. The van der Waals surface area contributed by atoms with Gasteiger partial charge < -0.3 is 15.2 Å². The van der Waals surface area contributed by atoms with Crippen molar-refractivity contribution < 1.29 is 14.6 Å². The second-order valence-electron chi connectivity index (χ2n) is 8.56. The van der Waals surface area contributed by atoms with E-state index in [9.17, 15) is 9.90 Å². The van der Waals surface area contributed by atoms with Gasteiger partial charge in [-0.2, -0.15) is 0 Å². The van der Waals surface area contributed by atoms with Crippen LogP contribution in [-0.4, -0.2) is 23.8 Å². The van der Waals surface area contributed by atoms with Crippen LogP contribution in [0.15, 0.2) is 60.7 Å². The minimum Gasteiger partial charge on any atom is -0.465 e. The van der Waals surface area contributed by atoms with E-state index < -0.39 is 6.09 Å². The van der Waals surface area contributed by atoms with Crippen LogP contribution >= 0.6 is 0 Å². The summed E-state index contributed by atoms with van der Waals surface area (Å²) in [5, 5.41) is 12.3. The summed E-state index contributed by atoms with van der Waals surface area (Å²) in [6.07, 6.45) is -0.0466. The quantitative estimate of drug-likeness (QED) is 0.736. The second-order valence-corrected chi connectivity index (χ2v) is 8.56. The SMILES string of the molecule is CC(C)(C)C(NC(=O)O)[C@@]1(c2ccccc2)C[C@H]1COCc1ccccc1. The summed E-state index contributed by atoms with van der Waals surface area (Å²) >= 11 is 0.